The third-order valence-electron chi connectivity index (χ3n) is 2.55. The van der Waals surface area contributed by atoms with Crippen molar-refractivity contribution in [2.24, 2.45) is 11.3 Å². The van der Waals surface area contributed by atoms with Crippen LogP contribution in [-0.2, 0) is 4.79 Å². The molecule has 0 aromatic heterocycles. The molecule has 0 saturated carbocycles. The molecule has 0 aliphatic carbocycles. The van der Waals surface area contributed by atoms with Crippen LogP contribution in [0.25, 0.3) is 0 Å². The summed E-state index contributed by atoms with van der Waals surface area (Å²) in [5.41, 5.74) is -0.251. The summed E-state index contributed by atoms with van der Waals surface area (Å²) in [5, 5.41) is 6.25. The number of amides is 1. The van der Waals surface area contributed by atoms with E-state index in [1.165, 1.54) is 0 Å². The van der Waals surface area contributed by atoms with Crippen LogP contribution in [0.4, 0.5) is 0 Å². The molecule has 96 valence electrons. The Morgan fingerprint density at radius 3 is 2.31 bits per heavy atom. The molecule has 0 radical (unpaired) electrons. The molecule has 0 saturated heterocycles. The summed E-state index contributed by atoms with van der Waals surface area (Å²) < 4.78 is 0. The van der Waals surface area contributed by atoms with Crippen molar-refractivity contribution in [2.45, 2.75) is 47.5 Å². The van der Waals surface area contributed by atoms with Gasteiger partial charge in [0.15, 0.2) is 0 Å². The molecule has 2 N–H and O–H groups in total. The number of nitrogens with one attached hydrogen (secondary N) is 2. The zero-order valence-corrected chi connectivity index (χ0v) is 11.5. The molecular formula is C13H28N2O. The maximum atomic E-state index is 11.9. The van der Waals surface area contributed by atoms with Crippen LogP contribution in [0.15, 0.2) is 0 Å². The predicted octanol–water partition coefficient (Wildman–Crippen LogP) is 2.17. The second-order valence-electron chi connectivity index (χ2n) is 5.49. The summed E-state index contributed by atoms with van der Waals surface area (Å²) in [6.45, 7) is 13.1. The van der Waals surface area contributed by atoms with Gasteiger partial charge in [-0.2, -0.15) is 0 Å². The summed E-state index contributed by atoms with van der Waals surface area (Å²) >= 11 is 0. The number of hydrogen-bond donors (Lipinski definition) is 2. The van der Waals surface area contributed by atoms with Gasteiger partial charge in [0.1, 0.15) is 0 Å². The fraction of sp³-hybridized carbons (Fsp3) is 0.923. The lowest BCUT2D eigenvalue weighted by Crippen LogP contribution is -2.40. The molecule has 0 aliphatic heterocycles. The van der Waals surface area contributed by atoms with Crippen LogP contribution < -0.4 is 10.6 Å². The van der Waals surface area contributed by atoms with E-state index in [4.69, 9.17) is 0 Å². The second-order valence-corrected chi connectivity index (χ2v) is 5.49. The SMILES string of the molecule is CCCNCCNC(=O)C(C)(C)CC(C)C. The Kier molecular flexibility index (Phi) is 7.39. The van der Waals surface area contributed by atoms with Gasteiger partial charge in [-0.3, -0.25) is 4.79 Å². The van der Waals surface area contributed by atoms with Gasteiger partial charge in [0.05, 0.1) is 0 Å². The van der Waals surface area contributed by atoms with Gasteiger partial charge >= 0.3 is 0 Å². The maximum absolute atomic E-state index is 11.9. The fourth-order valence-corrected chi connectivity index (χ4v) is 1.92. The van der Waals surface area contributed by atoms with Crippen molar-refractivity contribution < 1.29 is 4.79 Å². The molecule has 3 nitrogen and oxygen atoms in total. The first-order chi connectivity index (χ1) is 7.40. The maximum Gasteiger partial charge on any atom is 0.225 e. The van der Waals surface area contributed by atoms with E-state index in [-0.39, 0.29) is 11.3 Å². The summed E-state index contributed by atoms with van der Waals surface area (Å²) in [7, 11) is 0. The molecule has 0 spiro atoms. The normalized spacial score (nSPS) is 11.9. The average Bonchev–Trinajstić information content (AvgIpc) is 2.15. The van der Waals surface area contributed by atoms with Gasteiger partial charge < -0.3 is 10.6 Å². The standard InChI is InChI=1S/C13H28N2O/c1-6-7-14-8-9-15-12(16)13(4,5)10-11(2)3/h11,14H,6-10H2,1-5H3,(H,15,16). The molecule has 16 heavy (non-hydrogen) atoms. The van der Waals surface area contributed by atoms with E-state index >= 15 is 0 Å². The first kappa shape index (κ1) is 15.4. The van der Waals surface area contributed by atoms with Gasteiger partial charge in [-0.15, -0.1) is 0 Å². The summed E-state index contributed by atoms with van der Waals surface area (Å²) in [6, 6.07) is 0. The number of carbonyl (C=O) groups is 1. The quantitative estimate of drug-likeness (QED) is 0.625. The Morgan fingerprint density at radius 2 is 1.81 bits per heavy atom. The third-order valence-corrected chi connectivity index (χ3v) is 2.55. The van der Waals surface area contributed by atoms with Crippen LogP contribution in [0.3, 0.4) is 0 Å². The fourth-order valence-electron chi connectivity index (χ4n) is 1.92. The minimum absolute atomic E-state index is 0.166. The van der Waals surface area contributed by atoms with Gasteiger partial charge in [-0.1, -0.05) is 34.6 Å². The van der Waals surface area contributed by atoms with Crippen molar-refractivity contribution in [3.8, 4) is 0 Å². The molecule has 0 atom stereocenters. The van der Waals surface area contributed by atoms with E-state index in [2.05, 4.69) is 31.4 Å². The number of rotatable bonds is 8. The zero-order valence-electron chi connectivity index (χ0n) is 11.5. The molecular weight excluding hydrogens is 200 g/mol. The zero-order chi connectivity index (χ0) is 12.6. The van der Waals surface area contributed by atoms with E-state index in [1.807, 2.05) is 13.8 Å². The number of hydrogen-bond acceptors (Lipinski definition) is 2. The lowest BCUT2D eigenvalue weighted by molar-refractivity contribution is -0.130. The summed E-state index contributed by atoms with van der Waals surface area (Å²) in [5.74, 6) is 0.721. The molecule has 0 aromatic carbocycles. The Balaban J connectivity index is 3.78. The molecule has 0 aliphatic rings. The molecule has 0 fully saturated rings. The first-order valence-corrected chi connectivity index (χ1v) is 6.39. The Morgan fingerprint density at radius 1 is 1.19 bits per heavy atom. The van der Waals surface area contributed by atoms with Crippen LogP contribution in [0.5, 0.6) is 0 Å². The highest BCUT2D eigenvalue weighted by atomic mass is 16.2. The highest BCUT2D eigenvalue weighted by molar-refractivity contribution is 5.81. The summed E-state index contributed by atoms with van der Waals surface area (Å²) in [4.78, 5) is 11.9. The van der Waals surface area contributed by atoms with Crippen LogP contribution in [-0.4, -0.2) is 25.5 Å². The van der Waals surface area contributed by atoms with Crippen LogP contribution >= 0.6 is 0 Å². The summed E-state index contributed by atoms with van der Waals surface area (Å²) in [6.07, 6.45) is 2.06. The van der Waals surface area contributed by atoms with E-state index in [9.17, 15) is 4.79 Å². The smallest absolute Gasteiger partial charge is 0.225 e. The van der Waals surface area contributed by atoms with Crippen molar-refractivity contribution in [3.05, 3.63) is 0 Å². The molecule has 0 bridgehead atoms. The minimum Gasteiger partial charge on any atom is -0.354 e. The van der Waals surface area contributed by atoms with Crippen molar-refractivity contribution in [3.63, 3.8) is 0 Å². The van der Waals surface area contributed by atoms with Crippen molar-refractivity contribution >= 4 is 5.91 Å². The van der Waals surface area contributed by atoms with Gasteiger partial charge in [-0.25, -0.2) is 0 Å². The molecule has 3 heteroatoms. The molecule has 0 rings (SSSR count). The molecule has 1 amide bonds. The topological polar surface area (TPSA) is 41.1 Å². The van der Waals surface area contributed by atoms with Crippen LogP contribution in [0, 0.1) is 11.3 Å². The Hall–Kier alpha value is -0.570. The largest absolute Gasteiger partial charge is 0.354 e. The lowest BCUT2D eigenvalue weighted by Gasteiger charge is -2.25. The van der Waals surface area contributed by atoms with E-state index in [0.717, 1.165) is 32.5 Å². The predicted molar refractivity (Wildman–Crippen MR) is 69.4 cm³/mol. The Bertz CT molecular complexity index is 200. The molecule has 0 unspecified atom stereocenters. The molecule has 0 heterocycles. The van der Waals surface area contributed by atoms with E-state index < -0.39 is 0 Å². The van der Waals surface area contributed by atoms with Gasteiger partial charge in [0.25, 0.3) is 0 Å². The van der Waals surface area contributed by atoms with E-state index in [1.54, 1.807) is 0 Å². The van der Waals surface area contributed by atoms with Crippen molar-refractivity contribution in [1.29, 1.82) is 0 Å². The Labute approximate surface area is 100 Å². The van der Waals surface area contributed by atoms with E-state index in [0.29, 0.717) is 5.92 Å². The van der Waals surface area contributed by atoms with Gasteiger partial charge in [-0.05, 0) is 25.3 Å². The van der Waals surface area contributed by atoms with Crippen molar-refractivity contribution in [1.82, 2.24) is 10.6 Å². The first-order valence-electron chi connectivity index (χ1n) is 6.39. The van der Waals surface area contributed by atoms with Crippen LogP contribution in [0.1, 0.15) is 47.5 Å². The number of carbonyl (C=O) groups excluding carboxylic acids is 1. The van der Waals surface area contributed by atoms with Gasteiger partial charge in [0.2, 0.25) is 5.91 Å². The third kappa shape index (κ3) is 6.83. The molecule has 0 aromatic rings. The minimum atomic E-state index is -0.251. The highest BCUT2D eigenvalue weighted by Crippen LogP contribution is 2.25. The average molecular weight is 228 g/mol. The monoisotopic (exact) mass is 228 g/mol. The highest BCUT2D eigenvalue weighted by Gasteiger charge is 2.27. The van der Waals surface area contributed by atoms with Crippen LogP contribution in [0.2, 0.25) is 0 Å². The van der Waals surface area contributed by atoms with Gasteiger partial charge in [0, 0.05) is 18.5 Å². The second kappa shape index (κ2) is 7.66. The lowest BCUT2D eigenvalue weighted by atomic mass is 9.83. The van der Waals surface area contributed by atoms with Crippen molar-refractivity contribution in [2.75, 3.05) is 19.6 Å².